The minimum absolute atomic E-state index is 0.0249. The summed E-state index contributed by atoms with van der Waals surface area (Å²) in [5.74, 6) is 0.866. The van der Waals surface area contributed by atoms with E-state index in [2.05, 4.69) is 26.5 Å². The monoisotopic (exact) mass is 283 g/mol. The van der Waals surface area contributed by atoms with Gasteiger partial charge in [-0.15, -0.1) is 0 Å². The number of aromatic nitrogens is 4. The van der Waals surface area contributed by atoms with Crippen LogP contribution in [-0.4, -0.2) is 43.8 Å². The second-order valence-corrected chi connectivity index (χ2v) is 5.06. The van der Waals surface area contributed by atoms with Crippen molar-refractivity contribution in [2.24, 2.45) is 0 Å². The fourth-order valence-corrected chi connectivity index (χ4v) is 2.75. The molecule has 6 heteroatoms. The molecule has 0 bridgehead atoms. The second-order valence-electron chi connectivity index (χ2n) is 5.06. The van der Waals surface area contributed by atoms with Crippen LogP contribution in [0.3, 0.4) is 0 Å². The molecule has 0 saturated carbocycles. The first-order valence-electron chi connectivity index (χ1n) is 7.01. The number of rotatable bonds is 3. The van der Waals surface area contributed by atoms with Gasteiger partial charge in [0, 0.05) is 43.8 Å². The number of carbonyl (C=O) groups is 1. The summed E-state index contributed by atoms with van der Waals surface area (Å²) in [6.07, 6.45) is 10.1. The Bertz CT molecular complexity index is 637. The van der Waals surface area contributed by atoms with Crippen LogP contribution in [0.1, 0.15) is 24.5 Å². The highest BCUT2D eigenvalue weighted by atomic mass is 16.2. The van der Waals surface area contributed by atoms with Gasteiger partial charge in [0.05, 0.1) is 5.69 Å². The first-order valence-corrected chi connectivity index (χ1v) is 7.01. The molecule has 3 heterocycles. The number of piperidine rings is 1. The summed E-state index contributed by atoms with van der Waals surface area (Å²) in [6, 6.07) is 0. The Labute approximate surface area is 123 Å². The number of carbonyl (C=O) groups excluding carboxylic acids is 1. The Morgan fingerprint density at radius 3 is 2.95 bits per heavy atom. The molecular formula is C15H17N5O. The lowest BCUT2D eigenvalue weighted by molar-refractivity contribution is -0.127. The van der Waals surface area contributed by atoms with Crippen molar-refractivity contribution in [1.29, 1.82) is 0 Å². The van der Waals surface area contributed by atoms with Crippen LogP contribution in [0.2, 0.25) is 0 Å². The molecule has 1 amide bonds. The van der Waals surface area contributed by atoms with Gasteiger partial charge in [-0.1, -0.05) is 6.58 Å². The van der Waals surface area contributed by atoms with Gasteiger partial charge in [-0.25, -0.2) is 9.97 Å². The number of imidazole rings is 1. The van der Waals surface area contributed by atoms with Crippen LogP contribution < -0.4 is 0 Å². The van der Waals surface area contributed by atoms with Crippen molar-refractivity contribution in [3.8, 4) is 11.5 Å². The molecule has 3 rings (SSSR count). The average molecular weight is 283 g/mol. The summed E-state index contributed by atoms with van der Waals surface area (Å²) < 4.78 is 0. The van der Waals surface area contributed by atoms with Crippen LogP contribution in [0.25, 0.3) is 11.5 Å². The number of hydrogen-bond donors (Lipinski definition) is 1. The lowest BCUT2D eigenvalue weighted by Crippen LogP contribution is -2.38. The number of amides is 1. The third kappa shape index (κ3) is 2.69. The quantitative estimate of drug-likeness (QED) is 0.871. The molecule has 1 N–H and O–H groups in total. The maximum absolute atomic E-state index is 11.8. The van der Waals surface area contributed by atoms with E-state index in [1.165, 1.54) is 6.08 Å². The molecule has 2 aromatic heterocycles. The van der Waals surface area contributed by atoms with E-state index < -0.39 is 0 Å². The van der Waals surface area contributed by atoms with Gasteiger partial charge >= 0.3 is 0 Å². The van der Waals surface area contributed by atoms with Crippen molar-refractivity contribution in [2.75, 3.05) is 13.1 Å². The molecule has 1 aliphatic heterocycles. The largest absolute Gasteiger partial charge is 0.343 e. The summed E-state index contributed by atoms with van der Waals surface area (Å²) in [7, 11) is 0. The van der Waals surface area contributed by atoms with Crippen molar-refractivity contribution >= 4 is 5.91 Å². The van der Waals surface area contributed by atoms with E-state index in [0.29, 0.717) is 12.4 Å². The van der Waals surface area contributed by atoms with Gasteiger partial charge in [0.1, 0.15) is 5.69 Å². The van der Waals surface area contributed by atoms with Crippen LogP contribution in [0.4, 0.5) is 0 Å². The molecule has 108 valence electrons. The van der Waals surface area contributed by atoms with Gasteiger partial charge in [0.15, 0.2) is 5.82 Å². The van der Waals surface area contributed by atoms with Gasteiger partial charge in [0.25, 0.3) is 0 Å². The van der Waals surface area contributed by atoms with Gasteiger partial charge in [-0.05, 0) is 18.9 Å². The average Bonchev–Trinajstić information content (AvgIpc) is 3.08. The predicted octanol–water partition coefficient (Wildman–Crippen LogP) is 1.76. The molecule has 0 spiro atoms. The Morgan fingerprint density at radius 2 is 2.19 bits per heavy atom. The molecule has 1 unspecified atom stereocenters. The molecule has 0 aromatic carbocycles. The van der Waals surface area contributed by atoms with E-state index in [9.17, 15) is 4.79 Å². The normalized spacial score (nSPS) is 18.5. The second kappa shape index (κ2) is 5.87. The van der Waals surface area contributed by atoms with Crippen molar-refractivity contribution in [3.63, 3.8) is 0 Å². The van der Waals surface area contributed by atoms with E-state index in [1.54, 1.807) is 24.8 Å². The highest BCUT2D eigenvalue weighted by molar-refractivity contribution is 5.87. The lowest BCUT2D eigenvalue weighted by atomic mass is 9.93. The van der Waals surface area contributed by atoms with E-state index in [1.807, 2.05) is 4.90 Å². The molecule has 0 radical (unpaired) electrons. The topological polar surface area (TPSA) is 74.8 Å². The van der Waals surface area contributed by atoms with Gasteiger partial charge in [-0.3, -0.25) is 9.78 Å². The molecule has 1 atom stereocenters. The minimum atomic E-state index is -0.0249. The van der Waals surface area contributed by atoms with Gasteiger partial charge in [0.2, 0.25) is 5.91 Å². The Hall–Kier alpha value is -2.50. The number of hydrogen-bond acceptors (Lipinski definition) is 4. The van der Waals surface area contributed by atoms with E-state index in [-0.39, 0.29) is 11.8 Å². The minimum Gasteiger partial charge on any atom is -0.343 e. The van der Waals surface area contributed by atoms with Crippen molar-refractivity contribution in [3.05, 3.63) is 43.1 Å². The first-order chi connectivity index (χ1) is 10.3. The molecule has 1 fully saturated rings. The molecule has 0 aliphatic carbocycles. The van der Waals surface area contributed by atoms with Gasteiger partial charge < -0.3 is 9.88 Å². The number of nitrogens with zero attached hydrogens (tertiary/aromatic N) is 4. The number of likely N-dealkylation sites (tertiary alicyclic amines) is 1. The molecule has 2 aromatic rings. The third-order valence-corrected chi connectivity index (χ3v) is 3.74. The first kappa shape index (κ1) is 13.5. The van der Waals surface area contributed by atoms with Crippen LogP contribution in [-0.2, 0) is 4.79 Å². The molecule has 6 nitrogen and oxygen atoms in total. The highest BCUT2D eigenvalue weighted by Gasteiger charge is 2.27. The molecule has 1 aliphatic rings. The maximum atomic E-state index is 11.8. The Balaban J connectivity index is 1.90. The summed E-state index contributed by atoms with van der Waals surface area (Å²) >= 11 is 0. The highest BCUT2D eigenvalue weighted by Crippen LogP contribution is 2.30. The van der Waals surface area contributed by atoms with Crippen LogP contribution in [0.15, 0.2) is 37.4 Å². The van der Waals surface area contributed by atoms with Gasteiger partial charge in [-0.2, -0.15) is 0 Å². The maximum Gasteiger partial charge on any atom is 0.245 e. The molecular weight excluding hydrogens is 266 g/mol. The molecule has 1 saturated heterocycles. The standard InChI is InChI=1S/C15H17N5O/c1-2-12(21)20-9-3-4-11(10-20)13-14(17-6-5-16-13)15-18-7-8-19-15/h2,5-8,11H,1,3-4,9-10H2,(H,18,19). The summed E-state index contributed by atoms with van der Waals surface area (Å²) in [5.41, 5.74) is 1.66. The Morgan fingerprint density at radius 1 is 1.33 bits per heavy atom. The number of nitrogens with one attached hydrogen (secondary N) is 1. The summed E-state index contributed by atoms with van der Waals surface area (Å²) in [5, 5.41) is 0. The van der Waals surface area contributed by atoms with E-state index in [4.69, 9.17) is 0 Å². The number of H-pyrrole nitrogens is 1. The zero-order valence-corrected chi connectivity index (χ0v) is 11.7. The van der Waals surface area contributed by atoms with E-state index in [0.717, 1.165) is 30.8 Å². The summed E-state index contributed by atoms with van der Waals surface area (Å²) in [4.78, 5) is 29.9. The summed E-state index contributed by atoms with van der Waals surface area (Å²) in [6.45, 7) is 4.98. The van der Waals surface area contributed by atoms with Crippen molar-refractivity contribution < 1.29 is 4.79 Å². The SMILES string of the molecule is C=CC(=O)N1CCCC(c2nccnc2-c2ncc[nH]2)C1. The molecule has 21 heavy (non-hydrogen) atoms. The third-order valence-electron chi connectivity index (χ3n) is 3.74. The Kier molecular flexibility index (Phi) is 3.77. The fraction of sp³-hybridized carbons (Fsp3) is 0.333. The zero-order chi connectivity index (χ0) is 14.7. The number of aromatic amines is 1. The van der Waals surface area contributed by atoms with Crippen LogP contribution in [0.5, 0.6) is 0 Å². The smallest absolute Gasteiger partial charge is 0.245 e. The fourth-order valence-electron chi connectivity index (χ4n) is 2.75. The van der Waals surface area contributed by atoms with E-state index >= 15 is 0 Å². The van der Waals surface area contributed by atoms with Crippen LogP contribution >= 0.6 is 0 Å². The van der Waals surface area contributed by atoms with Crippen molar-refractivity contribution in [1.82, 2.24) is 24.8 Å². The zero-order valence-electron chi connectivity index (χ0n) is 11.7. The van der Waals surface area contributed by atoms with Crippen LogP contribution in [0, 0.1) is 0 Å². The predicted molar refractivity (Wildman–Crippen MR) is 78.4 cm³/mol. The lowest BCUT2D eigenvalue weighted by Gasteiger charge is -2.32. The van der Waals surface area contributed by atoms with Crippen molar-refractivity contribution in [2.45, 2.75) is 18.8 Å².